The number of halogens is 2. The van der Waals surface area contributed by atoms with Gasteiger partial charge in [0, 0.05) is 18.9 Å². The molecule has 0 saturated heterocycles. The summed E-state index contributed by atoms with van der Waals surface area (Å²) in [6, 6.07) is 3.93. The van der Waals surface area contributed by atoms with Crippen molar-refractivity contribution in [2.45, 2.75) is 20.4 Å². The molecule has 0 spiro atoms. The smallest absolute Gasteiger partial charge is 0.203 e. The quantitative estimate of drug-likeness (QED) is 0.899. The average Bonchev–Trinajstić information content (AvgIpc) is 2.79. The minimum Gasteiger partial charge on any atom is -0.355 e. The minimum absolute atomic E-state index is 0.456. The van der Waals surface area contributed by atoms with E-state index in [4.69, 9.17) is 0 Å². The third-order valence-corrected chi connectivity index (χ3v) is 2.72. The molecule has 3 nitrogen and oxygen atoms in total. The summed E-state index contributed by atoms with van der Waals surface area (Å²) in [5.74, 6) is -0.409. The summed E-state index contributed by atoms with van der Waals surface area (Å²) in [6.45, 7) is 5.48. The van der Waals surface area contributed by atoms with Crippen LogP contribution in [0, 0.1) is 17.6 Å². The fourth-order valence-corrected chi connectivity index (χ4v) is 1.73. The van der Waals surface area contributed by atoms with Crippen LogP contribution in [0.2, 0.25) is 0 Å². The molecule has 0 radical (unpaired) electrons. The summed E-state index contributed by atoms with van der Waals surface area (Å²) in [7, 11) is 0. The lowest BCUT2D eigenvalue weighted by atomic mass is 10.2. The second-order valence-corrected chi connectivity index (χ2v) is 4.90. The van der Waals surface area contributed by atoms with Crippen LogP contribution in [0.5, 0.6) is 0 Å². The highest BCUT2D eigenvalue weighted by Gasteiger charge is 2.06. The second kappa shape index (κ2) is 5.82. The number of nitrogens with zero attached hydrogens (tertiary/aromatic N) is 2. The lowest BCUT2D eigenvalue weighted by molar-refractivity contribution is 0.506. The van der Waals surface area contributed by atoms with Crippen LogP contribution in [0.3, 0.4) is 0 Å². The molecule has 1 N–H and O–H groups in total. The highest BCUT2D eigenvalue weighted by atomic mass is 19.2. The van der Waals surface area contributed by atoms with Gasteiger partial charge >= 0.3 is 0 Å². The van der Waals surface area contributed by atoms with Crippen LogP contribution in [0.4, 0.5) is 14.7 Å². The number of benzene rings is 1. The molecule has 1 aromatic heterocycles. The molecule has 0 bridgehead atoms. The first-order valence-electron chi connectivity index (χ1n) is 6.25. The summed E-state index contributed by atoms with van der Waals surface area (Å²) in [4.78, 5) is 4.21. The average molecular weight is 265 g/mol. The van der Waals surface area contributed by atoms with E-state index < -0.39 is 11.6 Å². The van der Waals surface area contributed by atoms with E-state index in [0.29, 0.717) is 18.0 Å². The maximum atomic E-state index is 13.1. The van der Waals surface area contributed by atoms with Crippen molar-refractivity contribution in [3.8, 4) is 0 Å². The van der Waals surface area contributed by atoms with E-state index in [2.05, 4.69) is 24.1 Å². The van der Waals surface area contributed by atoms with Crippen LogP contribution in [0.25, 0.3) is 0 Å². The van der Waals surface area contributed by atoms with Gasteiger partial charge in [-0.2, -0.15) is 0 Å². The van der Waals surface area contributed by atoms with Crippen molar-refractivity contribution in [3.63, 3.8) is 0 Å². The largest absolute Gasteiger partial charge is 0.355 e. The number of anilines is 1. The van der Waals surface area contributed by atoms with Crippen LogP contribution in [-0.2, 0) is 6.54 Å². The molecule has 0 aliphatic carbocycles. The lowest BCUT2D eigenvalue weighted by Crippen LogP contribution is -2.13. The Morgan fingerprint density at radius 2 is 2.05 bits per heavy atom. The van der Waals surface area contributed by atoms with Gasteiger partial charge in [0.1, 0.15) is 0 Å². The number of rotatable bonds is 5. The summed E-state index contributed by atoms with van der Waals surface area (Å²) < 4.78 is 27.9. The molecule has 2 rings (SSSR count). The molecule has 5 heteroatoms. The molecule has 0 saturated carbocycles. The Labute approximate surface area is 111 Å². The van der Waals surface area contributed by atoms with Crippen molar-refractivity contribution in [2.75, 3.05) is 11.9 Å². The summed E-state index contributed by atoms with van der Waals surface area (Å²) >= 11 is 0. The number of imidazole rings is 1. The molecular formula is C14H17F2N3. The topological polar surface area (TPSA) is 29.9 Å². The van der Waals surface area contributed by atoms with Crippen molar-refractivity contribution in [3.05, 3.63) is 47.8 Å². The summed E-state index contributed by atoms with van der Waals surface area (Å²) in [6.07, 6.45) is 3.49. The van der Waals surface area contributed by atoms with Crippen LogP contribution in [0.15, 0.2) is 30.6 Å². The van der Waals surface area contributed by atoms with Crippen molar-refractivity contribution in [1.82, 2.24) is 9.55 Å². The van der Waals surface area contributed by atoms with Crippen molar-refractivity contribution < 1.29 is 8.78 Å². The molecule has 1 heterocycles. The highest BCUT2D eigenvalue weighted by molar-refractivity contribution is 5.28. The predicted molar refractivity (Wildman–Crippen MR) is 71.0 cm³/mol. The Morgan fingerprint density at radius 3 is 2.74 bits per heavy atom. The first kappa shape index (κ1) is 13.5. The maximum Gasteiger partial charge on any atom is 0.203 e. The number of hydrogen-bond acceptors (Lipinski definition) is 2. The fraction of sp³-hybridized carbons (Fsp3) is 0.357. The predicted octanol–water partition coefficient (Wildman–Crippen LogP) is 3.28. The first-order chi connectivity index (χ1) is 9.06. The number of nitrogens with one attached hydrogen (secondary N) is 1. The van der Waals surface area contributed by atoms with E-state index in [-0.39, 0.29) is 0 Å². The van der Waals surface area contributed by atoms with Gasteiger partial charge in [-0.05, 0) is 23.6 Å². The molecule has 0 unspecified atom stereocenters. The molecular weight excluding hydrogens is 248 g/mol. The first-order valence-corrected chi connectivity index (χ1v) is 6.25. The summed E-state index contributed by atoms with van der Waals surface area (Å²) in [5.41, 5.74) is 0.699. The van der Waals surface area contributed by atoms with E-state index >= 15 is 0 Å². The summed E-state index contributed by atoms with van der Waals surface area (Å²) in [5, 5.41) is 3.22. The zero-order chi connectivity index (χ0) is 13.8. The Bertz CT molecular complexity index is 549. The molecule has 0 atom stereocenters. The van der Waals surface area contributed by atoms with Gasteiger partial charge in [-0.1, -0.05) is 19.9 Å². The molecule has 2 aromatic rings. The van der Waals surface area contributed by atoms with Crippen LogP contribution < -0.4 is 5.32 Å². The van der Waals surface area contributed by atoms with Gasteiger partial charge in [0.05, 0.1) is 6.54 Å². The van der Waals surface area contributed by atoms with E-state index in [1.165, 1.54) is 6.07 Å². The molecule has 0 amide bonds. The number of hydrogen-bond donors (Lipinski definition) is 1. The second-order valence-electron chi connectivity index (χ2n) is 4.90. The lowest BCUT2D eigenvalue weighted by Gasteiger charge is -2.11. The van der Waals surface area contributed by atoms with Crippen molar-refractivity contribution in [2.24, 2.45) is 5.92 Å². The SMILES string of the molecule is CC(C)CNc1nccn1Cc1ccc(F)c(F)c1. The molecule has 0 aliphatic heterocycles. The minimum atomic E-state index is -0.826. The molecule has 19 heavy (non-hydrogen) atoms. The van der Waals surface area contributed by atoms with Crippen LogP contribution >= 0.6 is 0 Å². The normalized spacial score (nSPS) is 11.0. The fourth-order valence-electron chi connectivity index (χ4n) is 1.73. The van der Waals surface area contributed by atoms with Gasteiger partial charge in [-0.25, -0.2) is 13.8 Å². The van der Waals surface area contributed by atoms with E-state index in [0.717, 1.165) is 18.6 Å². The van der Waals surface area contributed by atoms with E-state index in [9.17, 15) is 8.78 Å². The van der Waals surface area contributed by atoms with E-state index in [1.807, 2.05) is 10.8 Å². The van der Waals surface area contributed by atoms with Gasteiger partial charge in [-0.3, -0.25) is 0 Å². The van der Waals surface area contributed by atoms with Gasteiger partial charge < -0.3 is 9.88 Å². The maximum absolute atomic E-state index is 13.1. The molecule has 0 fully saturated rings. The highest BCUT2D eigenvalue weighted by Crippen LogP contribution is 2.13. The van der Waals surface area contributed by atoms with Crippen LogP contribution in [0.1, 0.15) is 19.4 Å². The van der Waals surface area contributed by atoms with Crippen molar-refractivity contribution in [1.29, 1.82) is 0 Å². The molecule has 0 aliphatic rings. The standard InChI is InChI=1S/C14H17F2N3/c1-10(2)8-18-14-17-5-6-19(14)9-11-3-4-12(15)13(16)7-11/h3-7,10H,8-9H2,1-2H3,(H,17,18). The van der Waals surface area contributed by atoms with Crippen molar-refractivity contribution >= 4 is 5.95 Å². The van der Waals surface area contributed by atoms with Gasteiger partial charge in [0.15, 0.2) is 11.6 Å². The van der Waals surface area contributed by atoms with Gasteiger partial charge in [0.2, 0.25) is 5.95 Å². The van der Waals surface area contributed by atoms with E-state index in [1.54, 1.807) is 12.3 Å². The molecule has 102 valence electrons. The Balaban J connectivity index is 2.10. The Hall–Kier alpha value is -1.91. The zero-order valence-corrected chi connectivity index (χ0v) is 11.0. The third kappa shape index (κ3) is 3.53. The van der Waals surface area contributed by atoms with Gasteiger partial charge in [0.25, 0.3) is 0 Å². The van der Waals surface area contributed by atoms with Gasteiger partial charge in [-0.15, -0.1) is 0 Å². The Kier molecular flexibility index (Phi) is 4.14. The zero-order valence-electron chi connectivity index (χ0n) is 11.0. The molecule has 1 aromatic carbocycles. The monoisotopic (exact) mass is 265 g/mol. The van der Waals surface area contributed by atoms with Crippen LogP contribution in [-0.4, -0.2) is 16.1 Å². The Morgan fingerprint density at radius 1 is 1.26 bits per heavy atom. The number of aromatic nitrogens is 2. The third-order valence-electron chi connectivity index (χ3n) is 2.72.